The number of hydrogen-bond donors (Lipinski definition) is 1. The highest BCUT2D eigenvalue weighted by molar-refractivity contribution is 5.00. The predicted octanol–water partition coefficient (Wildman–Crippen LogP) is 1.74. The first kappa shape index (κ1) is 9.17. The molecule has 14 heavy (non-hydrogen) atoms. The Morgan fingerprint density at radius 3 is 2.14 bits per heavy atom. The van der Waals surface area contributed by atoms with Gasteiger partial charge in [0, 0.05) is 24.7 Å². The van der Waals surface area contributed by atoms with E-state index >= 15 is 0 Å². The highest BCUT2D eigenvalue weighted by atomic mass is 15.3. The summed E-state index contributed by atoms with van der Waals surface area (Å²) in [6.07, 6.45) is 10.1. The van der Waals surface area contributed by atoms with Crippen molar-refractivity contribution in [2.75, 3.05) is 6.54 Å². The lowest BCUT2D eigenvalue weighted by molar-refractivity contribution is 0.0786. The Kier molecular flexibility index (Phi) is 2.29. The van der Waals surface area contributed by atoms with Crippen molar-refractivity contribution in [3.63, 3.8) is 0 Å². The van der Waals surface area contributed by atoms with Crippen LogP contribution in [0.1, 0.15) is 44.9 Å². The van der Waals surface area contributed by atoms with Crippen LogP contribution >= 0.6 is 0 Å². The van der Waals surface area contributed by atoms with Gasteiger partial charge in [0.05, 0.1) is 0 Å². The van der Waals surface area contributed by atoms with E-state index < -0.39 is 0 Å². The molecule has 1 aliphatic carbocycles. The number of fused-ring (bicyclic) bond motifs is 2. The predicted molar refractivity (Wildman–Crippen MR) is 58.1 cm³/mol. The molecule has 3 atom stereocenters. The number of rotatable bonds is 3. The first-order valence-electron chi connectivity index (χ1n) is 6.37. The minimum absolute atomic E-state index is 0.743. The van der Waals surface area contributed by atoms with Crippen LogP contribution in [0.4, 0.5) is 0 Å². The van der Waals surface area contributed by atoms with E-state index in [2.05, 4.69) is 4.90 Å². The third-order valence-corrected chi connectivity index (χ3v) is 4.54. The molecular weight excluding hydrogens is 172 g/mol. The monoisotopic (exact) mass is 194 g/mol. The summed E-state index contributed by atoms with van der Waals surface area (Å²) in [7, 11) is 0. The SMILES string of the molecule is NCC(C1CC1)N1C2CCCC1CC2. The summed E-state index contributed by atoms with van der Waals surface area (Å²) >= 11 is 0. The van der Waals surface area contributed by atoms with Crippen molar-refractivity contribution in [3.8, 4) is 0 Å². The van der Waals surface area contributed by atoms with Crippen LogP contribution in [0.2, 0.25) is 0 Å². The van der Waals surface area contributed by atoms with Gasteiger partial charge in [-0.25, -0.2) is 0 Å². The quantitative estimate of drug-likeness (QED) is 0.741. The topological polar surface area (TPSA) is 29.3 Å². The Labute approximate surface area is 86.8 Å². The van der Waals surface area contributed by atoms with Crippen molar-refractivity contribution in [3.05, 3.63) is 0 Å². The molecule has 2 bridgehead atoms. The van der Waals surface area contributed by atoms with Crippen molar-refractivity contribution < 1.29 is 0 Å². The van der Waals surface area contributed by atoms with E-state index in [4.69, 9.17) is 5.73 Å². The van der Waals surface area contributed by atoms with Gasteiger partial charge in [0.2, 0.25) is 0 Å². The molecule has 80 valence electrons. The summed E-state index contributed by atoms with van der Waals surface area (Å²) in [5.41, 5.74) is 5.96. The van der Waals surface area contributed by atoms with Crippen LogP contribution < -0.4 is 5.73 Å². The van der Waals surface area contributed by atoms with Crippen LogP contribution in [0.25, 0.3) is 0 Å². The molecule has 0 aromatic rings. The standard InChI is InChI=1S/C12H22N2/c13-8-12(9-4-5-9)14-10-2-1-3-11(14)7-6-10/h9-12H,1-8,13H2. The third-order valence-electron chi connectivity index (χ3n) is 4.54. The smallest absolute Gasteiger partial charge is 0.0252 e. The van der Waals surface area contributed by atoms with Crippen molar-refractivity contribution in [2.24, 2.45) is 11.7 Å². The van der Waals surface area contributed by atoms with E-state index in [1.54, 1.807) is 0 Å². The van der Waals surface area contributed by atoms with Gasteiger partial charge < -0.3 is 5.73 Å². The van der Waals surface area contributed by atoms with Crippen molar-refractivity contribution in [1.29, 1.82) is 0 Å². The van der Waals surface area contributed by atoms with Gasteiger partial charge in [-0.05, 0) is 44.4 Å². The van der Waals surface area contributed by atoms with Gasteiger partial charge >= 0.3 is 0 Å². The zero-order chi connectivity index (χ0) is 9.54. The molecule has 0 spiro atoms. The van der Waals surface area contributed by atoms with E-state index in [-0.39, 0.29) is 0 Å². The molecule has 2 aliphatic heterocycles. The molecule has 3 rings (SSSR count). The summed E-state index contributed by atoms with van der Waals surface area (Å²) < 4.78 is 0. The normalized spacial score (nSPS) is 40.1. The van der Waals surface area contributed by atoms with Gasteiger partial charge in [-0.3, -0.25) is 4.90 Å². The Bertz CT molecular complexity index is 196. The average Bonchev–Trinajstić information content (AvgIpc) is 2.97. The molecule has 0 aromatic heterocycles. The number of nitrogens with two attached hydrogens (primary N) is 1. The van der Waals surface area contributed by atoms with E-state index in [1.165, 1.54) is 44.9 Å². The van der Waals surface area contributed by atoms with Crippen LogP contribution in [0.3, 0.4) is 0 Å². The molecule has 2 saturated heterocycles. The van der Waals surface area contributed by atoms with Crippen LogP contribution in [0.15, 0.2) is 0 Å². The lowest BCUT2D eigenvalue weighted by atomic mass is 9.98. The fraction of sp³-hybridized carbons (Fsp3) is 1.00. The largest absolute Gasteiger partial charge is 0.329 e. The van der Waals surface area contributed by atoms with E-state index in [0.717, 1.165) is 30.6 Å². The van der Waals surface area contributed by atoms with Gasteiger partial charge in [-0.15, -0.1) is 0 Å². The lowest BCUT2D eigenvalue weighted by Crippen LogP contribution is -2.50. The molecule has 2 N–H and O–H groups in total. The molecule has 3 aliphatic rings. The lowest BCUT2D eigenvalue weighted by Gasteiger charge is -2.40. The molecule has 3 unspecified atom stereocenters. The van der Waals surface area contributed by atoms with Crippen LogP contribution in [0.5, 0.6) is 0 Å². The molecule has 0 radical (unpaired) electrons. The first-order valence-corrected chi connectivity index (χ1v) is 6.37. The maximum atomic E-state index is 5.96. The minimum atomic E-state index is 0.743. The van der Waals surface area contributed by atoms with E-state index in [9.17, 15) is 0 Å². The highest BCUT2D eigenvalue weighted by Crippen LogP contribution is 2.43. The minimum Gasteiger partial charge on any atom is -0.329 e. The fourth-order valence-electron chi connectivity index (χ4n) is 3.74. The summed E-state index contributed by atoms with van der Waals surface area (Å²) in [5, 5.41) is 0. The maximum absolute atomic E-state index is 5.96. The maximum Gasteiger partial charge on any atom is 0.0252 e. The second-order valence-electron chi connectivity index (χ2n) is 5.40. The van der Waals surface area contributed by atoms with Gasteiger partial charge in [0.25, 0.3) is 0 Å². The Balaban J connectivity index is 1.75. The Hall–Kier alpha value is -0.0800. The molecule has 3 fully saturated rings. The van der Waals surface area contributed by atoms with Gasteiger partial charge in [-0.1, -0.05) is 6.42 Å². The molecular formula is C12H22N2. The second kappa shape index (κ2) is 3.49. The molecule has 0 aromatic carbocycles. The van der Waals surface area contributed by atoms with Crippen LogP contribution in [0, 0.1) is 5.92 Å². The highest BCUT2D eigenvalue weighted by Gasteiger charge is 2.44. The Morgan fingerprint density at radius 2 is 1.64 bits per heavy atom. The number of nitrogens with zero attached hydrogens (tertiary/aromatic N) is 1. The first-order chi connectivity index (χ1) is 6.90. The van der Waals surface area contributed by atoms with Gasteiger partial charge in [0.15, 0.2) is 0 Å². The molecule has 2 heteroatoms. The van der Waals surface area contributed by atoms with Crippen LogP contribution in [-0.4, -0.2) is 29.6 Å². The molecule has 1 saturated carbocycles. The van der Waals surface area contributed by atoms with Crippen molar-refractivity contribution >= 4 is 0 Å². The summed E-state index contributed by atoms with van der Waals surface area (Å²) in [4.78, 5) is 2.82. The summed E-state index contributed by atoms with van der Waals surface area (Å²) in [6, 6.07) is 2.55. The van der Waals surface area contributed by atoms with Crippen LogP contribution in [-0.2, 0) is 0 Å². The van der Waals surface area contributed by atoms with E-state index in [1.807, 2.05) is 0 Å². The van der Waals surface area contributed by atoms with Gasteiger partial charge in [0.1, 0.15) is 0 Å². The van der Waals surface area contributed by atoms with Gasteiger partial charge in [-0.2, -0.15) is 0 Å². The van der Waals surface area contributed by atoms with Crippen molar-refractivity contribution in [1.82, 2.24) is 4.90 Å². The average molecular weight is 194 g/mol. The fourth-order valence-corrected chi connectivity index (χ4v) is 3.74. The molecule has 2 heterocycles. The molecule has 0 amide bonds. The zero-order valence-electron chi connectivity index (χ0n) is 8.99. The Morgan fingerprint density at radius 1 is 1.00 bits per heavy atom. The number of piperidine rings is 1. The summed E-state index contributed by atoms with van der Waals surface area (Å²) in [5.74, 6) is 0.959. The third kappa shape index (κ3) is 1.40. The number of hydrogen-bond acceptors (Lipinski definition) is 2. The second-order valence-corrected chi connectivity index (χ2v) is 5.40. The van der Waals surface area contributed by atoms with Crippen molar-refractivity contribution in [2.45, 2.75) is 63.1 Å². The summed E-state index contributed by atoms with van der Waals surface area (Å²) in [6.45, 7) is 0.900. The zero-order valence-corrected chi connectivity index (χ0v) is 8.99. The molecule has 2 nitrogen and oxygen atoms in total. The van der Waals surface area contributed by atoms with E-state index in [0.29, 0.717) is 0 Å².